The lowest BCUT2D eigenvalue weighted by molar-refractivity contribution is -0.432. The van der Waals surface area contributed by atoms with Crippen LogP contribution in [0.1, 0.15) is 11.1 Å². The first kappa shape index (κ1) is 51.6. The zero-order valence-corrected chi connectivity index (χ0v) is 36.3. The van der Waals surface area contributed by atoms with E-state index < -0.39 is 30.9 Å². The third-order valence-electron chi connectivity index (χ3n) is 7.27. The van der Waals surface area contributed by atoms with Gasteiger partial charge in [0.1, 0.15) is 4.90 Å². The van der Waals surface area contributed by atoms with Crippen molar-refractivity contribution in [3.05, 3.63) is 47.5 Å². The molecule has 0 atom stereocenters. The fraction of sp³-hybridized carbons (Fsp3) is 0.344. The monoisotopic (exact) mass is 978 g/mol. The maximum atomic E-state index is 12.6. The number of ether oxygens (including phenoxy) is 2. The second-order valence-corrected chi connectivity index (χ2v) is 16.3. The minimum absolute atomic E-state index is 0.0235. The molecule has 0 saturated carbocycles. The Bertz CT molecular complexity index is 2370. The molecule has 350 valence electrons. The van der Waals surface area contributed by atoms with Crippen LogP contribution in [0.25, 0.3) is 12.2 Å². The molecule has 4 aromatic rings. The van der Waals surface area contributed by atoms with E-state index in [1.807, 2.05) is 0 Å². The normalized spacial score (nSPS) is 12.0. The Morgan fingerprint density at radius 2 is 1.19 bits per heavy atom. The number of aromatic nitrogens is 6. The van der Waals surface area contributed by atoms with Gasteiger partial charge in [-0.25, -0.2) is 15.5 Å². The highest BCUT2D eigenvalue weighted by molar-refractivity contribution is 7.95. The van der Waals surface area contributed by atoms with E-state index in [1.165, 1.54) is 36.6 Å². The van der Waals surface area contributed by atoms with Crippen LogP contribution in [0, 0.1) is 0 Å². The summed E-state index contributed by atoms with van der Waals surface area (Å²) in [6, 6.07) is 8.70. The lowest BCUT2D eigenvalue weighted by Crippen LogP contribution is -2.18. The summed E-state index contributed by atoms with van der Waals surface area (Å²) in [7, 11) is -9.13. The fourth-order valence-electron chi connectivity index (χ4n) is 4.73. The van der Waals surface area contributed by atoms with Crippen LogP contribution in [0.3, 0.4) is 0 Å². The molecular weight excluding hydrogens is 937 g/mol. The summed E-state index contributed by atoms with van der Waals surface area (Å²) < 4.78 is 86.5. The van der Waals surface area contributed by atoms with E-state index in [-0.39, 0.29) is 112 Å². The Balaban J connectivity index is 1.59. The van der Waals surface area contributed by atoms with Gasteiger partial charge in [0.25, 0.3) is 26.2 Å². The number of hydrogen-bond acceptors (Lipinski definition) is 28. The molecule has 0 fully saturated rings. The smallest absolute Gasteiger partial charge is 0.295 e. The quantitative estimate of drug-likeness (QED) is 0.00655. The van der Waals surface area contributed by atoms with E-state index in [4.69, 9.17) is 34.8 Å². The van der Waals surface area contributed by atoms with E-state index in [9.17, 15) is 21.4 Å². The molecule has 11 N–H and O–H groups in total. The van der Waals surface area contributed by atoms with E-state index in [1.54, 1.807) is 12.1 Å². The molecule has 0 aliphatic carbocycles. The number of aliphatic hydroxyl groups excluding tert-OH is 2. The van der Waals surface area contributed by atoms with Crippen LogP contribution in [-0.4, -0.2) is 154 Å². The fourth-order valence-corrected chi connectivity index (χ4v) is 6.54. The van der Waals surface area contributed by atoms with Gasteiger partial charge in [0, 0.05) is 54.2 Å². The number of aliphatic imine (C=N–C) groups is 1. The molecule has 64 heavy (non-hydrogen) atoms. The maximum Gasteiger partial charge on any atom is 0.295 e. The predicted molar refractivity (Wildman–Crippen MR) is 232 cm³/mol. The second kappa shape index (κ2) is 27.3. The van der Waals surface area contributed by atoms with Gasteiger partial charge in [0.15, 0.2) is 0 Å². The van der Waals surface area contributed by atoms with Crippen molar-refractivity contribution in [2.75, 3.05) is 97.4 Å². The number of anilines is 7. The van der Waals surface area contributed by atoms with Gasteiger partial charge in [-0.3, -0.25) is 9.11 Å². The van der Waals surface area contributed by atoms with Gasteiger partial charge >= 0.3 is 0 Å². The predicted octanol–water partition coefficient (Wildman–Crippen LogP) is 2.30. The summed E-state index contributed by atoms with van der Waals surface area (Å²) in [5.41, 5.74) is 0.936. The van der Waals surface area contributed by atoms with Crippen LogP contribution in [0.15, 0.2) is 51.2 Å². The van der Waals surface area contributed by atoms with Crippen LogP contribution >= 0.6 is 24.1 Å². The first-order valence-corrected chi connectivity index (χ1v) is 22.8. The van der Waals surface area contributed by atoms with Crippen LogP contribution in [0.5, 0.6) is 0 Å². The van der Waals surface area contributed by atoms with Crippen LogP contribution in [0.2, 0.25) is 0 Å². The minimum Gasteiger partial charge on any atom is -0.394 e. The molecule has 0 radical (unpaired) electrons. The van der Waals surface area contributed by atoms with Crippen molar-refractivity contribution >= 4 is 110 Å². The number of nitrogens with zero attached hydrogens (tertiary/aromatic N) is 7. The van der Waals surface area contributed by atoms with Crippen molar-refractivity contribution in [3.63, 3.8) is 0 Å². The number of hydrogen-bond donors (Lipinski definition) is 11. The zero-order chi connectivity index (χ0) is 46.2. The highest BCUT2D eigenvalue weighted by Gasteiger charge is 2.17. The molecule has 4 rings (SSSR count). The van der Waals surface area contributed by atoms with E-state index >= 15 is 0 Å². The summed E-state index contributed by atoms with van der Waals surface area (Å²) >= 11 is 1.29. The number of rotatable bonds is 31. The number of aliphatic hydroxyl groups is 2. The Morgan fingerprint density at radius 1 is 0.656 bits per heavy atom. The van der Waals surface area contributed by atoms with Crippen molar-refractivity contribution in [2.24, 2.45) is 4.99 Å². The molecule has 0 amide bonds. The first-order chi connectivity index (χ1) is 30.8. The molecule has 0 bridgehead atoms. The standard InChI is InChI=1S/C32H42N12O16S4/c45-11-15-55-13-7-33-27-39-29(35-9-17-61-59-57-47)43-32(42-27)38-24-6-4-22(26(20-24)64(52,53)54)2-1-21-3-5-23(19-25(21)62-60-58-48)37-31-41-28(34-8-14-56-16-12-46)40-30(44-31)36-10-18-63(49,50)51/h1-6,9,19-20,45-48H,7-8,10-18H2,(H,49,50,51)(H,52,53,54)(H2,33,38,39,42,43)(H3,34,36,37,40,41,44)/b2-1?,35-9+. The van der Waals surface area contributed by atoms with Crippen molar-refractivity contribution in [2.45, 2.75) is 9.79 Å². The average molecular weight is 979 g/mol. The number of benzene rings is 2. The molecular formula is C32H42N12O16S4. The molecule has 0 aliphatic rings. The van der Waals surface area contributed by atoms with Gasteiger partial charge in [-0.1, -0.05) is 34.4 Å². The van der Waals surface area contributed by atoms with E-state index in [0.717, 1.165) is 6.07 Å². The lowest BCUT2D eigenvalue weighted by Gasteiger charge is -2.13. The van der Waals surface area contributed by atoms with Gasteiger partial charge < -0.3 is 46.3 Å². The third kappa shape index (κ3) is 19.4. The Kier molecular flexibility index (Phi) is 22.1. The summed E-state index contributed by atoms with van der Waals surface area (Å²) in [6.45, 7) is 0.536. The average Bonchev–Trinajstić information content (AvgIpc) is 3.24. The van der Waals surface area contributed by atoms with Crippen molar-refractivity contribution in [1.82, 2.24) is 29.9 Å². The Labute approximate surface area is 372 Å². The summed E-state index contributed by atoms with van der Waals surface area (Å²) in [5, 5.41) is 56.7. The van der Waals surface area contributed by atoms with Crippen LogP contribution in [-0.2, 0) is 48.5 Å². The van der Waals surface area contributed by atoms with Gasteiger partial charge in [-0.2, -0.15) is 46.7 Å². The maximum absolute atomic E-state index is 12.6. The molecule has 2 heterocycles. The Morgan fingerprint density at radius 3 is 1.78 bits per heavy atom. The minimum atomic E-state index is -4.84. The summed E-state index contributed by atoms with van der Waals surface area (Å²) in [6.07, 6.45) is 4.22. The molecule has 0 unspecified atom stereocenters. The van der Waals surface area contributed by atoms with Gasteiger partial charge in [0.2, 0.25) is 29.7 Å². The van der Waals surface area contributed by atoms with Crippen LogP contribution < -0.4 is 26.6 Å². The highest BCUT2D eigenvalue weighted by atomic mass is 32.2. The Hall–Kier alpha value is -5.01. The molecule has 2 aromatic carbocycles. The first-order valence-electron chi connectivity index (χ1n) is 18.1. The highest BCUT2D eigenvalue weighted by Crippen LogP contribution is 2.31. The lowest BCUT2D eigenvalue weighted by atomic mass is 10.1. The van der Waals surface area contributed by atoms with Crippen LogP contribution in [0.4, 0.5) is 47.1 Å². The third-order valence-corrected chi connectivity index (χ3v) is 10.0. The second-order valence-electron chi connectivity index (χ2n) is 11.9. The van der Waals surface area contributed by atoms with Gasteiger partial charge in [-0.15, -0.1) is 8.67 Å². The SMILES string of the molecule is O=S(=O)(O)CCNc1nc(NCCOCCO)nc(Nc2ccc(C=Cc3ccc(Nc4nc(/N=C/CSOOO)nc(NCCOCCO)n4)cc3S(=O)(=O)O)c(SOOO)c2)n1. The van der Waals surface area contributed by atoms with Crippen molar-refractivity contribution in [3.8, 4) is 0 Å². The van der Waals surface area contributed by atoms with E-state index in [0.29, 0.717) is 40.2 Å². The molecule has 32 heteroatoms. The molecule has 28 nitrogen and oxygen atoms in total. The number of nitrogens with one attached hydrogen (secondary N) is 5. The molecule has 0 spiro atoms. The van der Waals surface area contributed by atoms with Gasteiger partial charge in [0.05, 0.1) is 63.2 Å². The van der Waals surface area contributed by atoms with Crippen molar-refractivity contribution in [1.29, 1.82) is 0 Å². The summed E-state index contributed by atoms with van der Waals surface area (Å²) in [5.74, 6) is -0.626. The summed E-state index contributed by atoms with van der Waals surface area (Å²) in [4.78, 5) is 29.3. The topological polar surface area (TPSA) is 395 Å². The largest absolute Gasteiger partial charge is 0.394 e. The van der Waals surface area contributed by atoms with Gasteiger partial charge in [-0.05, 0) is 35.4 Å². The molecule has 0 aliphatic heterocycles. The molecule has 0 saturated heterocycles. The zero-order valence-electron chi connectivity index (χ0n) is 33.0. The van der Waals surface area contributed by atoms with Crippen molar-refractivity contribution < 1.29 is 74.9 Å². The van der Waals surface area contributed by atoms with E-state index in [2.05, 4.69) is 80.2 Å². The molecule has 2 aromatic heterocycles.